The lowest BCUT2D eigenvalue weighted by atomic mass is 10.1. The van der Waals surface area contributed by atoms with E-state index in [4.69, 9.17) is 14.9 Å². The SMILES string of the molecule is O=C(OCCCCCCCCCCO)c1ccc(N2CC(C(=O)O)CC2=O)cc1. The highest BCUT2D eigenvalue weighted by Crippen LogP contribution is 2.25. The second-order valence-corrected chi connectivity index (χ2v) is 7.48. The Hall–Kier alpha value is -2.41. The number of carboxylic acid groups (broad SMARTS) is 1. The fourth-order valence-corrected chi connectivity index (χ4v) is 3.42. The number of hydrogen-bond donors (Lipinski definition) is 2. The standard InChI is InChI=1S/C22H31NO6/c24-13-7-5-3-1-2-4-6-8-14-29-22(28)17-9-11-19(12-10-17)23-16-18(21(26)27)15-20(23)25/h9-12,18,24H,1-8,13-16H2,(H,26,27). The van der Waals surface area contributed by atoms with E-state index in [1.54, 1.807) is 24.3 Å². The molecular weight excluding hydrogens is 374 g/mol. The molecule has 0 radical (unpaired) electrons. The van der Waals surface area contributed by atoms with Crippen LogP contribution in [0.25, 0.3) is 0 Å². The summed E-state index contributed by atoms with van der Waals surface area (Å²) in [4.78, 5) is 36.6. The summed E-state index contributed by atoms with van der Waals surface area (Å²) in [7, 11) is 0. The average Bonchev–Trinajstić information content (AvgIpc) is 3.11. The molecule has 1 aromatic rings. The van der Waals surface area contributed by atoms with Crippen molar-refractivity contribution in [1.82, 2.24) is 0 Å². The average molecular weight is 405 g/mol. The maximum absolute atomic E-state index is 12.1. The van der Waals surface area contributed by atoms with E-state index in [1.165, 1.54) is 17.7 Å². The van der Waals surface area contributed by atoms with E-state index < -0.39 is 17.9 Å². The lowest BCUT2D eigenvalue weighted by Crippen LogP contribution is -2.25. The lowest BCUT2D eigenvalue weighted by Gasteiger charge is -2.16. The molecule has 1 fully saturated rings. The van der Waals surface area contributed by atoms with Crippen LogP contribution in [0.15, 0.2) is 24.3 Å². The molecule has 0 bridgehead atoms. The molecule has 1 aliphatic heterocycles. The van der Waals surface area contributed by atoms with E-state index in [0.29, 0.717) is 17.9 Å². The van der Waals surface area contributed by atoms with Crippen LogP contribution in [0, 0.1) is 5.92 Å². The molecule has 2 rings (SSSR count). The van der Waals surface area contributed by atoms with Gasteiger partial charge in [-0.1, -0.05) is 38.5 Å². The summed E-state index contributed by atoms with van der Waals surface area (Å²) in [5, 5.41) is 17.8. The first-order valence-electron chi connectivity index (χ1n) is 10.4. The number of rotatable bonds is 13. The molecule has 1 atom stereocenters. The van der Waals surface area contributed by atoms with Crippen molar-refractivity contribution < 1.29 is 29.3 Å². The maximum atomic E-state index is 12.1. The number of aliphatic hydroxyl groups excluding tert-OH is 1. The van der Waals surface area contributed by atoms with Gasteiger partial charge in [0.15, 0.2) is 0 Å². The first-order valence-corrected chi connectivity index (χ1v) is 10.4. The van der Waals surface area contributed by atoms with Gasteiger partial charge in [0.2, 0.25) is 5.91 Å². The third-order valence-corrected chi connectivity index (χ3v) is 5.17. The van der Waals surface area contributed by atoms with Gasteiger partial charge in [-0.15, -0.1) is 0 Å². The molecule has 7 nitrogen and oxygen atoms in total. The number of aliphatic carboxylic acids is 1. The highest BCUT2D eigenvalue weighted by Gasteiger charge is 2.35. The number of carbonyl (C=O) groups excluding carboxylic acids is 2. The quantitative estimate of drug-likeness (QED) is 0.385. The third kappa shape index (κ3) is 7.49. The van der Waals surface area contributed by atoms with Gasteiger partial charge in [-0.3, -0.25) is 9.59 Å². The van der Waals surface area contributed by atoms with Crippen molar-refractivity contribution in [3.05, 3.63) is 29.8 Å². The van der Waals surface area contributed by atoms with Crippen molar-refractivity contribution in [3.8, 4) is 0 Å². The Morgan fingerprint density at radius 1 is 0.966 bits per heavy atom. The summed E-state index contributed by atoms with van der Waals surface area (Å²) in [6.07, 6.45) is 8.44. The Balaban J connectivity index is 1.65. The Kier molecular flexibility index (Phi) is 9.64. The number of aliphatic hydroxyl groups is 1. The number of hydrogen-bond acceptors (Lipinski definition) is 5. The molecule has 0 spiro atoms. The Bertz CT molecular complexity index is 672. The summed E-state index contributed by atoms with van der Waals surface area (Å²) in [6, 6.07) is 6.50. The molecule has 1 heterocycles. The second kappa shape index (κ2) is 12.2. The second-order valence-electron chi connectivity index (χ2n) is 7.48. The van der Waals surface area contributed by atoms with Gasteiger partial charge in [-0.2, -0.15) is 0 Å². The maximum Gasteiger partial charge on any atom is 0.338 e. The number of esters is 1. The molecule has 1 amide bonds. The first kappa shape index (κ1) is 22.9. The van der Waals surface area contributed by atoms with Gasteiger partial charge >= 0.3 is 11.9 Å². The van der Waals surface area contributed by atoms with E-state index >= 15 is 0 Å². The van der Waals surface area contributed by atoms with Gasteiger partial charge in [-0.25, -0.2) is 4.79 Å². The summed E-state index contributed by atoms with van der Waals surface area (Å²) in [5.41, 5.74) is 1.01. The summed E-state index contributed by atoms with van der Waals surface area (Å²) in [5.74, 6) is -2.27. The van der Waals surface area contributed by atoms with Crippen molar-refractivity contribution in [3.63, 3.8) is 0 Å². The van der Waals surface area contributed by atoms with E-state index in [1.807, 2.05) is 0 Å². The van der Waals surface area contributed by atoms with E-state index in [9.17, 15) is 14.4 Å². The van der Waals surface area contributed by atoms with Crippen LogP contribution in [0.5, 0.6) is 0 Å². The predicted octanol–water partition coefficient (Wildman–Crippen LogP) is 3.39. The van der Waals surface area contributed by atoms with Gasteiger partial charge in [0.1, 0.15) is 0 Å². The molecule has 2 N–H and O–H groups in total. The van der Waals surface area contributed by atoms with Gasteiger partial charge in [0.25, 0.3) is 0 Å². The minimum Gasteiger partial charge on any atom is -0.481 e. The van der Waals surface area contributed by atoms with Crippen LogP contribution < -0.4 is 4.90 Å². The zero-order valence-electron chi connectivity index (χ0n) is 16.8. The molecule has 0 aliphatic carbocycles. The number of benzene rings is 1. The van der Waals surface area contributed by atoms with Gasteiger partial charge in [0.05, 0.1) is 18.1 Å². The topological polar surface area (TPSA) is 104 Å². The predicted molar refractivity (Wildman–Crippen MR) is 109 cm³/mol. The highest BCUT2D eigenvalue weighted by molar-refractivity contribution is 5.99. The van der Waals surface area contributed by atoms with Crippen molar-refractivity contribution in [2.24, 2.45) is 5.92 Å². The van der Waals surface area contributed by atoms with Gasteiger partial charge < -0.3 is 19.8 Å². The zero-order valence-corrected chi connectivity index (χ0v) is 16.8. The number of nitrogens with zero attached hydrogens (tertiary/aromatic N) is 1. The summed E-state index contributed by atoms with van der Waals surface area (Å²) < 4.78 is 5.30. The summed E-state index contributed by atoms with van der Waals surface area (Å²) >= 11 is 0. The molecule has 1 aliphatic rings. The third-order valence-electron chi connectivity index (χ3n) is 5.17. The van der Waals surface area contributed by atoms with Crippen LogP contribution >= 0.6 is 0 Å². The molecule has 29 heavy (non-hydrogen) atoms. The van der Waals surface area contributed by atoms with Gasteiger partial charge in [0, 0.05) is 25.3 Å². The molecule has 0 aromatic heterocycles. The Morgan fingerprint density at radius 2 is 1.55 bits per heavy atom. The number of carboxylic acids is 1. The van der Waals surface area contributed by atoms with E-state index in [-0.39, 0.29) is 25.5 Å². The largest absolute Gasteiger partial charge is 0.481 e. The molecule has 1 saturated heterocycles. The van der Waals surface area contributed by atoms with Crippen LogP contribution in [0.3, 0.4) is 0 Å². The molecule has 160 valence electrons. The van der Waals surface area contributed by atoms with Crippen LogP contribution in [0.4, 0.5) is 5.69 Å². The molecule has 0 saturated carbocycles. The normalized spacial score (nSPS) is 16.2. The van der Waals surface area contributed by atoms with Crippen LogP contribution in [0.1, 0.15) is 68.1 Å². The van der Waals surface area contributed by atoms with Crippen molar-refractivity contribution in [1.29, 1.82) is 0 Å². The minimum absolute atomic E-state index is 0.00177. The summed E-state index contributed by atoms with van der Waals surface area (Å²) in [6.45, 7) is 0.811. The van der Waals surface area contributed by atoms with Gasteiger partial charge in [-0.05, 0) is 37.1 Å². The number of amides is 1. The first-order chi connectivity index (χ1) is 14.0. The number of unbranched alkanes of at least 4 members (excludes halogenated alkanes) is 7. The zero-order chi connectivity index (χ0) is 21.1. The minimum atomic E-state index is -0.970. The van der Waals surface area contributed by atoms with E-state index in [0.717, 1.165) is 38.5 Å². The molecule has 1 aromatic carbocycles. The van der Waals surface area contributed by atoms with Crippen LogP contribution in [0.2, 0.25) is 0 Å². The molecular formula is C22H31NO6. The molecule has 1 unspecified atom stereocenters. The highest BCUT2D eigenvalue weighted by atomic mass is 16.5. The van der Waals surface area contributed by atoms with Crippen LogP contribution in [-0.2, 0) is 14.3 Å². The van der Waals surface area contributed by atoms with Crippen molar-refractivity contribution >= 4 is 23.5 Å². The smallest absolute Gasteiger partial charge is 0.338 e. The molecule has 7 heteroatoms. The monoisotopic (exact) mass is 405 g/mol. The van der Waals surface area contributed by atoms with E-state index in [2.05, 4.69) is 0 Å². The van der Waals surface area contributed by atoms with Crippen LogP contribution in [-0.4, -0.2) is 47.8 Å². The Labute approximate surface area is 171 Å². The lowest BCUT2D eigenvalue weighted by molar-refractivity contribution is -0.141. The fourth-order valence-electron chi connectivity index (χ4n) is 3.42. The number of anilines is 1. The van der Waals surface area contributed by atoms with Crippen molar-refractivity contribution in [2.45, 2.75) is 57.8 Å². The number of ether oxygens (including phenoxy) is 1. The van der Waals surface area contributed by atoms with Crippen molar-refractivity contribution in [2.75, 3.05) is 24.7 Å². The Morgan fingerprint density at radius 3 is 2.10 bits per heavy atom. The fraction of sp³-hybridized carbons (Fsp3) is 0.591. The number of carbonyl (C=O) groups is 3.